The van der Waals surface area contributed by atoms with Crippen molar-refractivity contribution in [1.29, 1.82) is 0 Å². The SMILES string of the molecule is CCNC(=NCCCOCC1CC1)N1CCN(Cc2ccon2)CC1. The number of nitrogens with one attached hydrogen (secondary N) is 1. The molecule has 1 saturated carbocycles. The normalized spacial score (nSPS) is 19.4. The van der Waals surface area contributed by atoms with Crippen molar-refractivity contribution >= 4 is 5.96 Å². The molecule has 140 valence electrons. The summed E-state index contributed by atoms with van der Waals surface area (Å²) in [6.07, 6.45) is 5.33. The Hall–Kier alpha value is -1.60. The minimum atomic E-state index is 0.824. The average molecular weight is 349 g/mol. The molecule has 1 N–H and O–H groups in total. The summed E-state index contributed by atoms with van der Waals surface area (Å²) in [5.74, 6) is 1.88. The van der Waals surface area contributed by atoms with E-state index >= 15 is 0 Å². The molecule has 0 unspecified atom stereocenters. The summed E-state index contributed by atoms with van der Waals surface area (Å²) in [5.41, 5.74) is 1.00. The van der Waals surface area contributed by atoms with Gasteiger partial charge in [-0.1, -0.05) is 5.16 Å². The summed E-state index contributed by atoms with van der Waals surface area (Å²) in [4.78, 5) is 9.54. The van der Waals surface area contributed by atoms with E-state index < -0.39 is 0 Å². The van der Waals surface area contributed by atoms with Crippen LogP contribution in [-0.2, 0) is 11.3 Å². The van der Waals surface area contributed by atoms with Gasteiger partial charge in [-0.05, 0) is 32.1 Å². The van der Waals surface area contributed by atoms with E-state index in [2.05, 4.69) is 27.2 Å². The molecule has 0 atom stereocenters. The Bertz CT molecular complexity index is 508. The fourth-order valence-electron chi connectivity index (χ4n) is 2.98. The molecule has 1 saturated heterocycles. The molecule has 25 heavy (non-hydrogen) atoms. The first-order chi connectivity index (χ1) is 12.3. The van der Waals surface area contributed by atoms with Crippen LogP contribution in [-0.4, -0.2) is 73.4 Å². The van der Waals surface area contributed by atoms with E-state index in [0.29, 0.717) is 0 Å². The highest BCUT2D eigenvalue weighted by Crippen LogP contribution is 2.28. The van der Waals surface area contributed by atoms with Crippen LogP contribution in [0.5, 0.6) is 0 Å². The van der Waals surface area contributed by atoms with Crippen LogP contribution in [0, 0.1) is 5.92 Å². The van der Waals surface area contributed by atoms with Crippen LogP contribution in [0.1, 0.15) is 31.9 Å². The van der Waals surface area contributed by atoms with Crippen molar-refractivity contribution in [3.05, 3.63) is 18.0 Å². The average Bonchev–Trinajstić information content (AvgIpc) is 3.32. The second-order valence-electron chi connectivity index (χ2n) is 6.86. The fraction of sp³-hybridized carbons (Fsp3) is 0.778. The van der Waals surface area contributed by atoms with Crippen molar-refractivity contribution in [2.45, 2.75) is 32.7 Å². The molecule has 7 heteroatoms. The molecule has 0 amide bonds. The number of rotatable bonds is 9. The van der Waals surface area contributed by atoms with E-state index in [1.165, 1.54) is 12.8 Å². The zero-order chi connectivity index (χ0) is 17.3. The number of hydrogen-bond donors (Lipinski definition) is 1. The van der Waals surface area contributed by atoms with Crippen LogP contribution in [0.3, 0.4) is 0 Å². The summed E-state index contributed by atoms with van der Waals surface area (Å²) in [6.45, 7) is 10.5. The molecule has 3 rings (SSSR count). The first-order valence-electron chi connectivity index (χ1n) is 9.57. The number of aliphatic imine (C=N–C) groups is 1. The molecular formula is C18H31N5O2. The van der Waals surface area contributed by atoms with Gasteiger partial charge in [-0.3, -0.25) is 9.89 Å². The van der Waals surface area contributed by atoms with Gasteiger partial charge in [0.05, 0.1) is 5.69 Å². The Morgan fingerprint density at radius 1 is 1.36 bits per heavy atom. The zero-order valence-corrected chi connectivity index (χ0v) is 15.3. The molecule has 1 aliphatic carbocycles. The largest absolute Gasteiger partial charge is 0.381 e. The predicted molar refractivity (Wildman–Crippen MR) is 97.5 cm³/mol. The van der Waals surface area contributed by atoms with Crippen molar-refractivity contribution in [2.75, 3.05) is 52.5 Å². The molecule has 0 spiro atoms. The fourth-order valence-corrected chi connectivity index (χ4v) is 2.98. The molecule has 1 aliphatic heterocycles. The molecule has 2 aliphatic rings. The first kappa shape index (κ1) is 18.2. The molecule has 0 aromatic carbocycles. The van der Waals surface area contributed by atoms with Gasteiger partial charge in [0.1, 0.15) is 6.26 Å². The molecule has 1 aromatic heterocycles. The number of piperazine rings is 1. The van der Waals surface area contributed by atoms with Gasteiger partial charge >= 0.3 is 0 Å². The molecule has 0 radical (unpaired) electrons. The van der Waals surface area contributed by atoms with Gasteiger partial charge < -0.3 is 19.5 Å². The molecule has 0 bridgehead atoms. The summed E-state index contributed by atoms with van der Waals surface area (Å²) in [7, 11) is 0. The molecule has 1 aromatic rings. The Labute approximate surface area is 150 Å². The smallest absolute Gasteiger partial charge is 0.194 e. The van der Waals surface area contributed by atoms with E-state index in [-0.39, 0.29) is 0 Å². The van der Waals surface area contributed by atoms with Gasteiger partial charge in [0, 0.05) is 65.1 Å². The van der Waals surface area contributed by atoms with Crippen molar-refractivity contribution < 1.29 is 9.26 Å². The quantitative estimate of drug-likeness (QED) is 0.415. The third-order valence-corrected chi connectivity index (χ3v) is 4.64. The van der Waals surface area contributed by atoms with Crippen molar-refractivity contribution in [3.8, 4) is 0 Å². The highest BCUT2D eigenvalue weighted by Gasteiger charge is 2.21. The monoisotopic (exact) mass is 349 g/mol. The van der Waals surface area contributed by atoms with Crippen LogP contribution in [0.25, 0.3) is 0 Å². The number of ether oxygens (including phenoxy) is 1. The first-order valence-corrected chi connectivity index (χ1v) is 9.57. The van der Waals surface area contributed by atoms with Crippen molar-refractivity contribution in [3.63, 3.8) is 0 Å². The number of nitrogens with zero attached hydrogens (tertiary/aromatic N) is 4. The van der Waals surface area contributed by atoms with Crippen LogP contribution in [0.15, 0.2) is 21.8 Å². The van der Waals surface area contributed by atoms with Gasteiger partial charge in [0.2, 0.25) is 0 Å². The van der Waals surface area contributed by atoms with Crippen LogP contribution in [0.4, 0.5) is 0 Å². The number of aromatic nitrogens is 1. The Morgan fingerprint density at radius 2 is 2.20 bits per heavy atom. The summed E-state index contributed by atoms with van der Waals surface area (Å²) >= 11 is 0. The van der Waals surface area contributed by atoms with Gasteiger partial charge in [-0.15, -0.1) is 0 Å². The lowest BCUT2D eigenvalue weighted by Crippen LogP contribution is -2.52. The molecular weight excluding hydrogens is 318 g/mol. The van der Waals surface area contributed by atoms with Crippen LogP contribution >= 0.6 is 0 Å². The second-order valence-corrected chi connectivity index (χ2v) is 6.86. The topological polar surface area (TPSA) is 66.1 Å². The molecule has 7 nitrogen and oxygen atoms in total. The predicted octanol–water partition coefficient (Wildman–Crippen LogP) is 1.57. The maximum absolute atomic E-state index is 5.69. The van der Waals surface area contributed by atoms with Gasteiger partial charge in [0.25, 0.3) is 0 Å². The van der Waals surface area contributed by atoms with Crippen molar-refractivity contribution in [2.24, 2.45) is 10.9 Å². The lowest BCUT2D eigenvalue weighted by atomic mass is 10.3. The Balaban J connectivity index is 1.37. The van der Waals surface area contributed by atoms with Crippen LogP contribution < -0.4 is 5.32 Å². The highest BCUT2D eigenvalue weighted by atomic mass is 16.5. The third kappa shape index (κ3) is 6.32. The molecule has 2 heterocycles. The highest BCUT2D eigenvalue weighted by molar-refractivity contribution is 5.80. The summed E-state index contributed by atoms with van der Waals surface area (Å²) in [6, 6.07) is 1.93. The standard InChI is InChI=1S/C18H31N5O2/c1-2-19-18(20-7-3-12-24-15-16-4-5-16)23-10-8-22(9-11-23)14-17-6-13-25-21-17/h6,13,16H,2-5,7-12,14-15H2,1H3,(H,19,20). The molecule has 2 fully saturated rings. The lowest BCUT2D eigenvalue weighted by molar-refractivity contribution is 0.123. The second kappa shape index (κ2) is 9.77. The van der Waals surface area contributed by atoms with E-state index in [9.17, 15) is 0 Å². The lowest BCUT2D eigenvalue weighted by Gasteiger charge is -2.36. The maximum atomic E-state index is 5.69. The Morgan fingerprint density at radius 3 is 2.88 bits per heavy atom. The van der Waals surface area contributed by atoms with E-state index in [4.69, 9.17) is 14.3 Å². The van der Waals surface area contributed by atoms with Gasteiger partial charge in [-0.25, -0.2) is 0 Å². The summed E-state index contributed by atoms with van der Waals surface area (Å²) in [5, 5.41) is 7.42. The van der Waals surface area contributed by atoms with E-state index in [1.807, 2.05) is 6.07 Å². The van der Waals surface area contributed by atoms with Crippen molar-refractivity contribution in [1.82, 2.24) is 20.3 Å². The third-order valence-electron chi connectivity index (χ3n) is 4.64. The summed E-state index contributed by atoms with van der Waals surface area (Å²) < 4.78 is 10.6. The zero-order valence-electron chi connectivity index (χ0n) is 15.3. The van der Waals surface area contributed by atoms with Gasteiger partial charge in [0.15, 0.2) is 5.96 Å². The van der Waals surface area contributed by atoms with E-state index in [0.717, 1.165) is 83.0 Å². The Kier molecular flexibility index (Phi) is 7.11. The maximum Gasteiger partial charge on any atom is 0.194 e. The van der Waals surface area contributed by atoms with Gasteiger partial charge in [-0.2, -0.15) is 0 Å². The van der Waals surface area contributed by atoms with E-state index in [1.54, 1.807) is 6.26 Å². The number of hydrogen-bond acceptors (Lipinski definition) is 5. The van der Waals surface area contributed by atoms with Crippen LogP contribution in [0.2, 0.25) is 0 Å². The number of guanidine groups is 1. The minimum absolute atomic E-state index is 0.824. The minimum Gasteiger partial charge on any atom is -0.381 e.